The van der Waals surface area contributed by atoms with E-state index in [4.69, 9.17) is 5.73 Å². The van der Waals surface area contributed by atoms with Gasteiger partial charge in [0.25, 0.3) is 5.91 Å². The maximum atomic E-state index is 12.5. The first-order valence-electron chi connectivity index (χ1n) is 6.63. The zero-order valence-electron chi connectivity index (χ0n) is 12.1. The Morgan fingerprint density at radius 1 is 1.45 bits per heavy atom. The Morgan fingerprint density at radius 2 is 2.20 bits per heavy atom. The summed E-state index contributed by atoms with van der Waals surface area (Å²) in [6, 6.07) is 7.57. The minimum atomic E-state index is -0.0163. The fourth-order valence-electron chi connectivity index (χ4n) is 2.22. The van der Waals surface area contributed by atoms with Gasteiger partial charge in [-0.25, -0.2) is 0 Å². The van der Waals surface area contributed by atoms with Crippen LogP contribution >= 0.6 is 0 Å². The van der Waals surface area contributed by atoms with Gasteiger partial charge in [0.1, 0.15) is 0 Å². The number of amides is 1. The molecule has 0 saturated carbocycles. The Bertz CT molecular complexity index is 618. The van der Waals surface area contributed by atoms with E-state index < -0.39 is 0 Å². The number of nitrogens with two attached hydrogens (primary N) is 1. The van der Waals surface area contributed by atoms with E-state index in [0.717, 1.165) is 17.7 Å². The van der Waals surface area contributed by atoms with E-state index >= 15 is 0 Å². The van der Waals surface area contributed by atoms with Gasteiger partial charge in [-0.05, 0) is 24.1 Å². The molecule has 106 valence electrons. The highest BCUT2D eigenvalue weighted by molar-refractivity contribution is 5.94. The van der Waals surface area contributed by atoms with Crippen LogP contribution in [0.25, 0.3) is 0 Å². The summed E-state index contributed by atoms with van der Waals surface area (Å²) in [5, 5.41) is 4.30. The molecule has 2 rings (SSSR count). The van der Waals surface area contributed by atoms with Gasteiger partial charge in [-0.3, -0.25) is 9.48 Å². The van der Waals surface area contributed by atoms with Gasteiger partial charge in [-0.15, -0.1) is 0 Å². The summed E-state index contributed by atoms with van der Waals surface area (Å²) in [4.78, 5) is 14.2. The van der Waals surface area contributed by atoms with Crippen molar-refractivity contribution in [1.29, 1.82) is 0 Å². The zero-order valence-corrected chi connectivity index (χ0v) is 12.1. The van der Waals surface area contributed by atoms with E-state index in [2.05, 4.69) is 5.10 Å². The molecule has 1 heterocycles. The number of anilines is 1. The third-order valence-electron chi connectivity index (χ3n) is 3.19. The molecular formula is C15H20N4O. The van der Waals surface area contributed by atoms with Crippen LogP contribution in [0.5, 0.6) is 0 Å². The molecule has 0 spiro atoms. The van der Waals surface area contributed by atoms with Crippen LogP contribution in [0.1, 0.15) is 28.5 Å². The maximum Gasteiger partial charge on any atom is 0.257 e. The van der Waals surface area contributed by atoms with Gasteiger partial charge in [-0.1, -0.05) is 19.1 Å². The fourth-order valence-corrected chi connectivity index (χ4v) is 2.22. The van der Waals surface area contributed by atoms with Crippen molar-refractivity contribution >= 4 is 11.6 Å². The van der Waals surface area contributed by atoms with Gasteiger partial charge in [0, 0.05) is 32.5 Å². The zero-order chi connectivity index (χ0) is 14.7. The minimum Gasteiger partial charge on any atom is -0.399 e. The lowest BCUT2D eigenvalue weighted by Gasteiger charge is -2.17. The van der Waals surface area contributed by atoms with Crippen LogP contribution in [-0.4, -0.2) is 27.6 Å². The smallest absolute Gasteiger partial charge is 0.257 e. The SMILES string of the molecule is CCc1nn(C)cc1C(=O)N(C)Cc1cccc(N)c1. The number of aryl methyl sites for hydroxylation is 2. The molecule has 0 aliphatic rings. The molecule has 2 aromatic rings. The number of carbonyl (C=O) groups excluding carboxylic acids is 1. The summed E-state index contributed by atoms with van der Waals surface area (Å²) >= 11 is 0. The Morgan fingerprint density at radius 3 is 2.85 bits per heavy atom. The second kappa shape index (κ2) is 5.77. The number of hydrogen-bond donors (Lipinski definition) is 1. The van der Waals surface area contributed by atoms with Crippen LogP contribution in [0.3, 0.4) is 0 Å². The summed E-state index contributed by atoms with van der Waals surface area (Å²) in [5.74, 6) is -0.0163. The van der Waals surface area contributed by atoms with Crippen LogP contribution in [0, 0.1) is 0 Å². The fraction of sp³-hybridized carbons (Fsp3) is 0.333. The summed E-state index contributed by atoms with van der Waals surface area (Å²) in [6.07, 6.45) is 2.52. The molecule has 2 N–H and O–H groups in total. The minimum absolute atomic E-state index is 0.0163. The van der Waals surface area contributed by atoms with Crippen LogP contribution in [0.2, 0.25) is 0 Å². The molecule has 0 fully saturated rings. The highest BCUT2D eigenvalue weighted by Crippen LogP contribution is 2.13. The highest BCUT2D eigenvalue weighted by Gasteiger charge is 2.18. The summed E-state index contributed by atoms with van der Waals surface area (Å²) in [6.45, 7) is 2.53. The Balaban J connectivity index is 2.16. The van der Waals surface area contributed by atoms with Crippen molar-refractivity contribution in [1.82, 2.24) is 14.7 Å². The van der Waals surface area contributed by atoms with Crippen LogP contribution in [-0.2, 0) is 20.0 Å². The van der Waals surface area contributed by atoms with E-state index in [1.165, 1.54) is 0 Å². The molecule has 0 aliphatic carbocycles. The average molecular weight is 272 g/mol. The van der Waals surface area contributed by atoms with E-state index in [0.29, 0.717) is 17.8 Å². The molecule has 20 heavy (non-hydrogen) atoms. The molecule has 1 aromatic heterocycles. The molecule has 1 aromatic carbocycles. The summed E-state index contributed by atoms with van der Waals surface area (Å²) < 4.78 is 1.68. The van der Waals surface area contributed by atoms with Crippen molar-refractivity contribution in [2.24, 2.45) is 7.05 Å². The standard InChI is InChI=1S/C15H20N4O/c1-4-14-13(10-19(3)17-14)15(20)18(2)9-11-6-5-7-12(16)8-11/h5-8,10H,4,9,16H2,1-3H3. The lowest BCUT2D eigenvalue weighted by Crippen LogP contribution is -2.26. The molecule has 5 nitrogen and oxygen atoms in total. The molecule has 0 saturated heterocycles. The van der Waals surface area contributed by atoms with Crippen LogP contribution in [0.15, 0.2) is 30.5 Å². The second-order valence-corrected chi connectivity index (χ2v) is 4.92. The van der Waals surface area contributed by atoms with Crippen molar-refractivity contribution in [2.75, 3.05) is 12.8 Å². The maximum absolute atomic E-state index is 12.5. The number of carbonyl (C=O) groups is 1. The van der Waals surface area contributed by atoms with E-state index in [1.54, 1.807) is 22.8 Å². The third kappa shape index (κ3) is 2.99. The van der Waals surface area contributed by atoms with Gasteiger partial charge >= 0.3 is 0 Å². The van der Waals surface area contributed by atoms with Crippen molar-refractivity contribution in [3.63, 3.8) is 0 Å². The summed E-state index contributed by atoms with van der Waals surface area (Å²) in [7, 11) is 3.62. The number of hydrogen-bond acceptors (Lipinski definition) is 3. The Hall–Kier alpha value is -2.30. The number of aromatic nitrogens is 2. The largest absolute Gasteiger partial charge is 0.399 e. The average Bonchev–Trinajstić information content (AvgIpc) is 2.79. The Labute approximate surface area is 119 Å². The van der Waals surface area contributed by atoms with Crippen molar-refractivity contribution in [3.8, 4) is 0 Å². The molecule has 0 atom stereocenters. The van der Waals surface area contributed by atoms with Gasteiger partial charge in [-0.2, -0.15) is 5.10 Å². The van der Waals surface area contributed by atoms with E-state index in [9.17, 15) is 4.79 Å². The predicted molar refractivity (Wildman–Crippen MR) is 79.2 cm³/mol. The highest BCUT2D eigenvalue weighted by atomic mass is 16.2. The topological polar surface area (TPSA) is 64.2 Å². The number of nitrogens with zero attached hydrogens (tertiary/aromatic N) is 3. The molecule has 5 heteroatoms. The van der Waals surface area contributed by atoms with E-state index in [1.807, 2.05) is 38.2 Å². The third-order valence-corrected chi connectivity index (χ3v) is 3.19. The van der Waals surface area contributed by atoms with Gasteiger partial charge in [0.2, 0.25) is 0 Å². The molecule has 0 unspecified atom stereocenters. The molecule has 0 radical (unpaired) electrons. The number of benzene rings is 1. The predicted octanol–water partition coefficient (Wildman–Crippen LogP) is 1.84. The van der Waals surface area contributed by atoms with Crippen molar-refractivity contribution < 1.29 is 4.79 Å². The van der Waals surface area contributed by atoms with Gasteiger partial charge in [0.05, 0.1) is 11.3 Å². The van der Waals surface area contributed by atoms with Crippen molar-refractivity contribution in [2.45, 2.75) is 19.9 Å². The first-order valence-corrected chi connectivity index (χ1v) is 6.63. The second-order valence-electron chi connectivity index (χ2n) is 4.92. The first-order chi connectivity index (χ1) is 9.51. The van der Waals surface area contributed by atoms with Crippen LogP contribution < -0.4 is 5.73 Å². The Kier molecular flexibility index (Phi) is 4.08. The first kappa shape index (κ1) is 14.1. The normalized spacial score (nSPS) is 10.6. The lowest BCUT2D eigenvalue weighted by atomic mass is 10.1. The number of nitrogen functional groups attached to an aromatic ring is 1. The molecule has 1 amide bonds. The quantitative estimate of drug-likeness (QED) is 0.864. The molecule has 0 bridgehead atoms. The molecular weight excluding hydrogens is 252 g/mol. The lowest BCUT2D eigenvalue weighted by molar-refractivity contribution is 0.0784. The van der Waals surface area contributed by atoms with Gasteiger partial charge in [0.15, 0.2) is 0 Å². The van der Waals surface area contributed by atoms with E-state index in [-0.39, 0.29) is 5.91 Å². The number of rotatable bonds is 4. The van der Waals surface area contributed by atoms with Gasteiger partial charge < -0.3 is 10.6 Å². The van der Waals surface area contributed by atoms with Crippen molar-refractivity contribution in [3.05, 3.63) is 47.3 Å². The van der Waals surface area contributed by atoms with Crippen LogP contribution in [0.4, 0.5) is 5.69 Å². The monoisotopic (exact) mass is 272 g/mol. The summed E-state index contributed by atoms with van der Waals surface area (Å²) in [5.41, 5.74) is 8.98. The molecule has 0 aliphatic heterocycles.